The molecule has 0 spiro atoms. The molecule has 37 heavy (non-hydrogen) atoms. The molecule has 4 N–H and O–H groups in total. The average molecular weight is 519 g/mol. The summed E-state index contributed by atoms with van der Waals surface area (Å²) >= 11 is 0. The van der Waals surface area contributed by atoms with Gasteiger partial charge in [-0.25, -0.2) is 4.79 Å². The molecule has 0 aromatic carbocycles. The van der Waals surface area contributed by atoms with Crippen LogP contribution < -0.4 is 16.4 Å². The summed E-state index contributed by atoms with van der Waals surface area (Å²) in [4.78, 5) is 41.2. The predicted octanol–water partition coefficient (Wildman–Crippen LogP) is 3.54. The third-order valence-corrected chi connectivity index (χ3v) is 7.38. The monoisotopic (exact) mass is 518 g/mol. The Morgan fingerprint density at radius 2 is 1.73 bits per heavy atom. The second kappa shape index (κ2) is 12.8. The van der Waals surface area contributed by atoms with Crippen molar-refractivity contribution in [2.24, 2.45) is 28.4 Å². The first-order chi connectivity index (χ1) is 16.9. The molecule has 0 aliphatic heterocycles. The molecule has 1 aliphatic rings. The number of allylic oxidation sites excluding steroid dienone is 2. The number of esters is 1. The van der Waals surface area contributed by atoms with Gasteiger partial charge in [-0.3, -0.25) is 9.59 Å². The number of ether oxygens (including phenoxy) is 1. The summed E-state index contributed by atoms with van der Waals surface area (Å²) in [6.07, 6.45) is 6.55. The van der Waals surface area contributed by atoms with Crippen LogP contribution in [0.2, 0.25) is 0 Å². The number of rotatable bonds is 10. The number of hydrogen-bond acceptors (Lipinski definition) is 6. The molecule has 8 heteroatoms. The fraction of sp³-hybridized carbons (Fsp3) is 0.690. The minimum atomic E-state index is -0.785. The van der Waals surface area contributed by atoms with Crippen molar-refractivity contribution >= 4 is 17.8 Å². The lowest BCUT2D eigenvalue weighted by atomic mass is 9.69. The Kier molecular flexibility index (Phi) is 11.2. The number of nitrogens with two attached hydrogens (primary N) is 1. The molecule has 2 amide bonds. The molecule has 0 bridgehead atoms. The highest BCUT2D eigenvalue weighted by Gasteiger charge is 2.43. The molecule has 210 valence electrons. The highest BCUT2D eigenvalue weighted by Crippen LogP contribution is 2.39. The van der Waals surface area contributed by atoms with Crippen LogP contribution >= 0.6 is 0 Å². The van der Waals surface area contributed by atoms with Gasteiger partial charge >= 0.3 is 5.97 Å². The fourth-order valence-electron chi connectivity index (χ4n) is 5.09. The first-order valence-corrected chi connectivity index (χ1v) is 13.1. The molecular weight excluding hydrogens is 468 g/mol. The smallest absolute Gasteiger partial charge is 0.333 e. The molecule has 0 heterocycles. The van der Waals surface area contributed by atoms with Crippen LogP contribution in [0.25, 0.3) is 0 Å². The number of hydrogen-bond donors (Lipinski definition) is 3. The maximum absolute atomic E-state index is 13.9. The highest BCUT2D eigenvalue weighted by molar-refractivity contribution is 5.91. The predicted molar refractivity (Wildman–Crippen MR) is 149 cm³/mol. The number of amides is 2. The van der Waals surface area contributed by atoms with E-state index in [2.05, 4.69) is 17.6 Å². The molecule has 0 radical (unpaired) electrons. The summed E-state index contributed by atoms with van der Waals surface area (Å²) in [6, 6.07) is -1.72. The van der Waals surface area contributed by atoms with Gasteiger partial charge in [-0.05, 0) is 43.7 Å². The van der Waals surface area contributed by atoms with Crippen molar-refractivity contribution in [3.05, 3.63) is 35.1 Å². The van der Waals surface area contributed by atoms with Crippen LogP contribution in [0.3, 0.4) is 0 Å². The SMILES string of the molecule is CN[C@H](C(=O)N[C@H](C(=O)N(C)[C@H](/C=C(\C)C(=O)OC)C(C)C)C(C)(C)C)C(C)(C)C1=CC(N)=CCC1C. The maximum atomic E-state index is 13.9. The summed E-state index contributed by atoms with van der Waals surface area (Å²) < 4.78 is 4.83. The van der Waals surface area contributed by atoms with Crippen LogP contribution in [-0.4, -0.2) is 62.0 Å². The van der Waals surface area contributed by atoms with E-state index in [0.29, 0.717) is 11.3 Å². The summed E-state index contributed by atoms with van der Waals surface area (Å²) in [5.41, 5.74) is 7.23. The van der Waals surface area contributed by atoms with Crippen molar-refractivity contribution < 1.29 is 19.1 Å². The third kappa shape index (κ3) is 7.94. The van der Waals surface area contributed by atoms with Crippen molar-refractivity contribution in [3.8, 4) is 0 Å². The lowest BCUT2D eigenvalue weighted by molar-refractivity contribution is -0.141. The van der Waals surface area contributed by atoms with Crippen molar-refractivity contribution in [1.29, 1.82) is 0 Å². The molecule has 0 aromatic rings. The van der Waals surface area contributed by atoms with Gasteiger partial charge in [-0.1, -0.05) is 73.1 Å². The van der Waals surface area contributed by atoms with Gasteiger partial charge in [-0.15, -0.1) is 0 Å². The Morgan fingerprint density at radius 3 is 2.19 bits per heavy atom. The van der Waals surface area contributed by atoms with Crippen molar-refractivity contribution in [3.63, 3.8) is 0 Å². The Labute approximate surface area is 224 Å². The van der Waals surface area contributed by atoms with Gasteiger partial charge < -0.3 is 26.0 Å². The maximum Gasteiger partial charge on any atom is 0.333 e. The van der Waals surface area contributed by atoms with Gasteiger partial charge in [0.2, 0.25) is 11.8 Å². The Morgan fingerprint density at radius 1 is 1.16 bits per heavy atom. The van der Waals surface area contributed by atoms with Crippen LogP contribution in [0.1, 0.15) is 68.7 Å². The molecule has 1 aliphatic carbocycles. The van der Waals surface area contributed by atoms with E-state index in [-0.39, 0.29) is 29.7 Å². The van der Waals surface area contributed by atoms with E-state index in [1.54, 1.807) is 32.0 Å². The lowest BCUT2D eigenvalue weighted by Crippen LogP contribution is -2.61. The molecule has 8 nitrogen and oxygen atoms in total. The third-order valence-electron chi connectivity index (χ3n) is 7.38. The molecule has 4 atom stereocenters. The van der Waals surface area contributed by atoms with E-state index in [1.165, 1.54) is 7.11 Å². The molecule has 1 rings (SSSR count). The number of likely N-dealkylation sites (N-methyl/N-ethyl adjacent to an activating group) is 2. The zero-order chi connectivity index (χ0) is 28.9. The summed E-state index contributed by atoms with van der Waals surface area (Å²) in [7, 11) is 4.80. The summed E-state index contributed by atoms with van der Waals surface area (Å²) in [5.74, 6) is -0.634. The van der Waals surface area contributed by atoms with Crippen molar-refractivity contribution in [2.45, 2.75) is 86.9 Å². The largest absolute Gasteiger partial charge is 0.466 e. The van der Waals surface area contributed by atoms with Crippen LogP contribution in [0.5, 0.6) is 0 Å². The van der Waals surface area contributed by atoms with Crippen LogP contribution in [0.4, 0.5) is 0 Å². The molecule has 0 fully saturated rings. The Balaban J connectivity index is 3.34. The molecule has 0 aromatic heterocycles. The van der Waals surface area contributed by atoms with Gasteiger partial charge in [0, 0.05) is 23.7 Å². The van der Waals surface area contributed by atoms with Crippen LogP contribution in [0, 0.1) is 22.7 Å². The average Bonchev–Trinajstić information content (AvgIpc) is 2.80. The Hall–Kier alpha value is -2.61. The van der Waals surface area contributed by atoms with Crippen LogP contribution in [0.15, 0.2) is 35.1 Å². The van der Waals surface area contributed by atoms with Gasteiger partial charge in [0.25, 0.3) is 0 Å². The van der Waals surface area contributed by atoms with Crippen molar-refractivity contribution in [2.75, 3.05) is 21.2 Å². The van der Waals surface area contributed by atoms with E-state index in [1.807, 2.05) is 60.6 Å². The minimum absolute atomic E-state index is 0.0344. The standard InChI is InChI=1S/C29H50N4O4/c1-17(2)22(15-19(4)27(36)37-12)33(11)26(35)24(28(5,6)7)32-25(34)23(31-10)29(8,9)21-16-20(30)14-13-18(21)3/h14-18,22-24,31H,13,30H2,1-12H3,(H,32,34)/b19-15+/t18?,22-,23-,24-/m1/s1. The first kappa shape index (κ1) is 32.4. The quantitative estimate of drug-likeness (QED) is 0.301. The second-order valence-electron chi connectivity index (χ2n) is 12.2. The highest BCUT2D eigenvalue weighted by atomic mass is 16.5. The van der Waals surface area contributed by atoms with Gasteiger partial charge in [0.05, 0.1) is 19.2 Å². The zero-order valence-corrected chi connectivity index (χ0v) is 25.0. The van der Waals surface area contributed by atoms with Crippen LogP contribution in [-0.2, 0) is 19.1 Å². The molecule has 0 saturated carbocycles. The number of carbonyl (C=O) groups excluding carboxylic acids is 3. The van der Waals surface area contributed by atoms with E-state index >= 15 is 0 Å². The number of carbonyl (C=O) groups is 3. The first-order valence-electron chi connectivity index (χ1n) is 13.1. The molecule has 1 unspecified atom stereocenters. The summed E-state index contributed by atoms with van der Waals surface area (Å²) in [5, 5.41) is 6.25. The minimum Gasteiger partial charge on any atom is -0.466 e. The zero-order valence-electron chi connectivity index (χ0n) is 25.0. The fourth-order valence-corrected chi connectivity index (χ4v) is 5.09. The van der Waals surface area contributed by atoms with Gasteiger partial charge in [0.1, 0.15) is 6.04 Å². The van der Waals surface area contributed by atoms with E-state index in [0.717, 1.165) is 12.0 Å². The van der Waals surface area contributed by atoms with E-state index < -0.39 is 28.9 Å². The topological polar surface area (TPSA) is 114 Å². The second-order valence-corrected chi connectivity index (χ2v) is 12.2. The summed E-state index contributed by atoms with van der Waals surface area (Å²) in [6.45, 7) is 17.6. The number of nitrogens with one attached hydrogen (secondary N) is 2. The molecular formula is C29H50N4O4. The van der Waals surface area contributed by atoms with E-state index in [9.17, 15) is 14.4 Å². The van der Waals surface area contributed by atoms with Gasteiger partial charge in [0.15, 0.2) is 0 Å². The lowest BCUT2D eigenvalue weighted by Gasteiger charge is -2.42. The number of methoxy groups -OCH3 is 1. The van der Waals surface area contributed by atoms with E-state index in [4.69, 9.17) is 10.5 Å². The normalized spacial score (nSPS) is 19.4. The van der Waals surface area contributed by atoms with Crippen molar-refractivity contribution in [1.82, 2.24) is 15.5 Å². The molecule has 0 saturated heterocycles. The number of nitrogens with zero attached hydrogens (tertiary/aromatic N) is 1. The Bertz CT molecular complexity index is 940. The van der Waals surface area contributed by atoms with Gasteiger partial charge in [-0.2, -0.15) is 0 Å².